The number of aromatic hydroxyl groups is 1. The topological polar surface area (TPSA) is 67.6 Å². The van der Waals surface area contributed by atoms with Crippen molar-refractivity contribution in [2.75, 3.05) is 13.7 Å². The molecular formula is C16H19N3O3. The van der Waals surface area contributed by atoms with Crippen molar-refractivity contribution in [2.24, 2.45) is 7.05 Å². The Morgan fingerprint density at radius 3 is 2.91 bits per heavy atom. The number of nitrogens with zero attached hydrogens (tertiary/aromatic N) is 3. The summed E-state index contributed by atoms with van der Waals surface area (Å²) in [6.07, 6.45) is 0.825. The molecule has 2 heterocycles. The smallest absolute Gasteiger partial charge is 0.266 e. The Bertz CT molecular complexity index is 755. The molecule has 1 aliphatic heterocycles. The molecule has 3 rings (SSSR count). The van der Waals surface area contributed by atoms with Crippen LogP contribution in [0.1, 0.15) is 16.8 Å². The number of benzene rings is 1. The van der Waals surface area contributed by atoms with E-state index in [0.717, 1.165) is 29.8 Å². The standard InChI is InChI=1S/C16H19N3O3/c1-18-16(21)8-12-10-19(6-5-13(12)17-18)9-11-3-4-15(22-2)14(20)7-11/h3-4,7-8,20H,5-6,9-10H2,1-2H3. The monoisotopic (exact) mass is 301 g/mol. The van der Waals surface area contributed by atoms with E-state index in [9.17, 15) is 9.90 Å². The first-order chi connectivity index (χ1) is 10.6. The number of hydrogen-bond acceptors (Lipinski definition) is 5. The molecule has 2 aromatic rings. The summed E-state index contributed by atoms with van der Waals surface area (Å²) in [4.78, 5) is 13.9. The largest absolute Gasteiger partial charge is 0.504 e. The maximum absolute atomic E-state index is 11.7. The van der Waals surface area contributed by atoms with Gasteiger partial charge in [-0.25, -0.2) is 4.68 Å². The fourth-order valence-corrected chi connectivity index (χ4v) is 2.78. The molecular weight excluding hydrogens is 282 g/mol. The van der Waals surface area contributed by atoms with Crippen molar-refractivity contribution in [3.05, 3.63) is 51.4 Å². The molecule has 1 aromatic carbocycles. The molecule has 1 N–H and O–H groups in total. The molecule has 0 atom stereocenters. The number of fused-ring (bicyclic) bond motifs is 1. The Morgan fingerprint density at radius 2 is 2.18 bits per heavy atom. The van der Waals surface area contributed by atoms with Crippen LogP contribution in [0, 0.1) is 0 Å². The van der Waals surface area contributed by atoms with E-state index in [1.807, 2.05) is 6.07 Å². The van der Waals surface area contributed by atoms with Gasteiger partial charge in [-0.15, -0.1) is 0 Å². The number of rotatable bonds is 3. The van der Waals surface area contributed by atoms with Crippen LogP contribution in [0.25, 0.3) is 0 Å². The Kier molecular flexibility index (Phi) is 3.85. The van der Waals surface area contributed by atoms with Crippen LogP contribution in [0.4, 0.5) is 0 Å². The number of phenolic OH excluding ortho intramolecular Hbond substituents is 1. The summed E-state index contributed by atoms with van der Waals surface area (Å²) in [5, 5.41) is 14.2. The van der Waals surface area contributed by atoms with E-state index in [4.69, 9.17) is 4.74 Å². The van der Waals surface area contributed by atoms with Crippen LogP contribution in [0.5, 0.6) is 11.5 Å². The van der Waals surface area contributed by atoms with Gasteiger partial charge in [-0.1, -0.05) is 6.07 Å². The Labute approximate surface area is 128 Å². The van der Waals surface area contributed by atoms with Crippen LogP contribution in [0.15, 0.2) is 29.1 Å². The van der Waals surface area contributed by atoms with Gasteiger partial charge in [0.05, 0.1) is 12.8 Å². The quantitative estimate of drug-likeness (QED) is 0.918. The molecule has 1 aliphatic rings. The van der Waals surface area contributed by atoms with Crippen LogP contribution in [-0.2, 0) is 26.6 Å². The van der Waals surface area contributed by atoms with Crippen LogP contribution >= 0.6 is 0 Å². The fourth-order valence-electron chi connectivity index (χ4n) is 2.78. The first kappa shape index (κ1) is 14.6. The summed E-state index contributed by atoms with van der Waals surface area (Å²) in [7, 11) is 3.21. The van der Waals surface area contributed by atoms with Gasteiger partial charge >= 0.3 is 0 Å². The lowest BCUT2D eigenvalue weighted by Gasteiger charge is -2.28. The molecule has 6 heteroatoms. The fraction of sp³-hybridized carbons (Fsp3) is 0.375. The molecule has 22 heavy (non-hydrogen) atoms. The third-order valence-corrected chi connectivity index (χ3v) is 3.97. The molecule has 116 valence electrons. The van der Waals surface area contributed by atoms with Crippen molar-refractivity contribution in [3.8, 4) is 11.5 Å². The van der Waals surface area contributed by atoms with Gasteiger partial charge in [0, 0.05) is 39.2 Å². The summed E-state index contributed by atoms with van der Waals surface area (Å²) in [5.41, 5.74) is 2.92. The minimum absolute atomic E-state index is 0.0808. The van der Waals surface area contributed by atoms with Gasteiger partial charge in [0.25, 0.3) is 5.56 Å². The van der Waals surface area contributed by atoms with Gasteiger partial charge < -0.3 is 9.84 Å². The second kappa shape index (κ2) is 5.81. The maximum atomic E-state index is 11.7. The van der Waals surface area contributed by atoms with Crippen molar-refractivity contribution >= 4 is 0 Å². The number of hydrogen-bond donors (Lipinski definition) is 1. The van der Waals surface area contributed by atoms with Gasteiger partial charge in [-0.05, 0) is 23.3 Å². The second-order valence-electron chi connectivity index (χ2n) is 5.54. The SMILES string of the molecule is COc1ccc(CN2CCc3nn(C)c(=O)cc3C2)cc1O. The lowest BCUT2D eigenvalue weighted by molar-refractivity contribution is 0.241. The third-order valence-electron chi connectivity index (χ3n) is 3.97. The van der Waals surface area contributed by atoms with Gasteiger partial charge in [0.2, 0.25) is 0 Å². The molecule has 0 aliphatic carbocycles. The van der Waals surface area contributed by atoms with Gasteiger partial charge in [0.1, 0.15) is 0 Å². The van der Waals surface area contributed by atoms with Crippen molar-refractivity contribution in [1.29, 1.82) is 0 Å². The van der Waals surface area contributed by atoms with Crippen LogP contribution in [0.3, 0.4) is 0 Å². The summed E-state index contributed by atoms with van der Waals surface area (Å²) >= 11 is 0. The molecule has 1 aromatic heterocycles. The highest BCUT2D eigenvalue weighted by Gasteiger charge is 2.19. The molecule has 0 unspecified atom stereocenters. The van der Waals surface area contributed by atoms with Gasteiger partial charge in [0.15, 0.2) is 11.5 Å². The van der Waals surface area contributed by atoms with E-state index in [2.05, 4.69) is 10.00 Å². The average molecular weight is 301 g/mol. The van der Waals surface area contributed by atoms with E-state index in [0.29, 0.717) is 18.8 Å². The lowest BCUT2D eigenvalue weighted by Crippen LogP contribution is -2.33. The van der Waals surface area contributed by atoms with E-state index in [-0.39, 0.29) is 11.3 Å². The molecule has 0 amide bonds. The average Bonchev–Trinajstić information content (AvgIpc) is 2.49. The molecule has 6 nitrogen and oxygen atoms in total. The second-order valence-corrected chi connectivity index (χ2v) is 5.54. The number of phenols is 1. The predicted molar refractivity (Wildman–Crippen MR) is 82.0 cm³/mol. The summed E-state index contributed by atoms with van der Waals surface area (Å²) in [6, 6.07) is 7.09. The van der Waals surface area contributed by atoms with Crippen LogP contribution < -0.4 is 10.3 Å². The zero-order valence-corrected chi connectivity index (χ0v) is 12.7. The summed E-state index contributed by atoms with van der Waals surface area (Å²) < 4.78 is 6.44. The first-order valence-corrected chi connectivity index (χ1v) is 7.21. The summed E-state index contributed by atoms with van der Waals surface area (Å²) in [6.45, 7) is 2.29. The molecule has 0 bridgehead atoms. The Balaban J connectivity index is 1.76. The van der Waals surface area contributed by atoms with E-state index in [1.54, 1.807) is 25.2 Å². The van der Waals surface area contributed by atoms with E-state index in [1.165, 1.54) is 11.8 Å². The number of aryl methyl sites for hydroxylation is 1. The van der Waals surface area contributed by atoms with Crippen molar-refractivity contribution in [1.82, 2.24) is 14.7 Å². The predicted octanol–water partition coefficient (Wildman–Crippen LogP) is 1.05. The van der Waals surface area contributed by atoms with E-state index < -0.39 is 0 Å². The van der Waals surface area contributed by atoms with Gasteiger partial charge in [-0.2, -0.15) is 5.10 Å². The minimum atomic E-state index is -0.0808. The molecule has 0 saturated carbocycles. The number of aromatic nitrogens is 2. The molecule has 0 radical (unpaired) electrons. The highest BCUT2D eigenvalue weighted by Crippen LogP contribution is 2.27. The highest BCUT2D eigenvalue weighted by molar-refractivity contribution is 5.41. The lowest BCUT2D eigenvalue weighted by atomic mass is 10.1. The van der Waals surface area contributed by atoms with Crippen molar-refractivity contribution in [3.63, 3.8) is 0 Å². The molecule has 0 saturated heterocycles. The zero-order chi connectivity index (χ0) is 15.7. The number of ether oxygens (including phenoxy) is 1. The van der Waals surface area contributed by atoms with Crippen molar-refractivity contribution in [2.45, 2.75) is 19.5 Å². The minimum Gasteiger partial charge on any atom is -0.504 e. The first-order valence-electron chi connectivity index (χ1n) is 7.21. The summed E-state index contributed by atoms with van der Waals surface area (Å²) in [5.74, 6) is 0.619. The van der Waals surface area contributed by atoms with Crippen molar-refractivity contribution < 1.29 is 9.84 Å². The third kappa shape index (κ3) is 2.82. The number of methoxy groups -OCH3 is 1. The molecule has 0 fully saturated rings. The maximum Gasteiger partial charge on any atom is 0.266 e. The van der Waals surface area contributed by atoms with Gasteiger partial charge in [-0.3, -0.25) is 9.69 Å². The highest BCUT2D eigenvalue weighted by atomic mass is 16.5. The molecule has 0 spiro atoms. The van der Waals surface area contributed by atoms with Crippen LogP contribution in [0.2, 0.25) is 0 Å². The zero-order valence-electron chi connectivity index (χ0n) is 12.7. The Hall–Kier alpha value is -2.34. The van der Waals surface area contributed by atoms with E-state index >= 15 is 0 Å². The van der Waals surface area contributed by atoms with Crippen LogP contribution in [-0.4, -0.2) is 33.4 Å². The normalized spacial score (nSPS) is 14.6. The Morgan fingerprint density at radius 1 is 1.36 bits per heavy atom.